The summed E-state index contributed by atoms with van der Waals surface area (Å²) in [5.41, 5.74) is 5.10. The summed E-state index contributed by atoms with van der Waals surface area (Å²) in [4.78, 5) is 14.8. The number of rotatable bonds is 8. The van der Waals surface area contributed by atoms with Crippen molar-refractivity contribution in [2.75, 3.05) is 20.3 Å². The van der Waals surface area contributed by atoms with E-state index in [2.05, 4.69) is 0 Å². The first-order valence-electron chi connectivity index (χ1n) is 6.47. The third-order valence-electron chi connectivity index (χ3n) is 3.51. The van der Waals surface area contributed by atoms with Crippen molar-refractivity contribution in [3.63, 3.8) is 0 Å². The van der Waals surface area contributed by atoms with Crippen LogP contribution < -0.4 is 5.73 Å². The van der Waals surface area contributed by atoms with E-state index in [0.717, 1.165) is 0 Å². The first-order chi connectivity index (χ1) is 8.37. The normalized spacial score (nSPS) is 11.7. The van der Waals surface area contributed by atoms with Crippen molar-refractivity contribution in [1.29, 1.82) is 0 Å². The van der Waals surface area contributed by atoms with Crippen LogP contribution in [-0.2, 0) is 9.53 Å². The molecule has 0 heterocycles. The van der Waals surface area contributed by atoms with Crippen molar-refractivity contribution < 1.29 is 9.53 Å². The molecular weight excluding hydrogens is 248 g/mol. The highest BCUT2D eigenvalue weighted by molar-refractivity contribution is 7.80. The second-order valence-corrected chi connectivity index (χ2v) is 5.18. The number of carbonyl (C=O) groups is 1. The molecule has 0 aliphatic rings. The van der Waals surface area contributed by atoms with E-state index >= 15 is 0 Å². The molecule has 0 saturated carbocycles. The lowest BCUT2D eigenvalue weighted by Crippen LogP contribution is -2.53. The molecule has 0 bridgehead atoms. The molecule has 0 spiro atoms. The SMILES string of the molecule is CCC(CC)(C(=O)N(CCOC)C(C)C)C(N)=S. The zero-order chi connectivity index (χ0) is 14.3. The molecule has 0 saturated heterocycles. The van der Waals surface area contributed by atoms with Crippen LogP contribution in [0.2, 0.25) is 0 Å². The number of hydrogen-bond acceptors (Lipinski definition) is 3. The van der Waals surface area contributed by atoms with E-state index < -0.39 is 5.41 Å². The third-order valence-corrected chi connectivity index (χ3v) is 3.90. The predicted molar refractivity (Wildman–Crippen MR) is 78.5 cm³/mol. The molecule has 2 N–H and O–H groups in total. The molecule has 4 nitrogen and oxygen atoms in total. The van der Waals surface area contributed by atoms with Gasteiger partial charge in [0.1, 0.15) is 0 Å². The Bertz CT molecular complexity index is 289. The van der Waals surface area contributed by atoms with Crippen LogP contribution in [-0.4, -0.2) is 42.1 Å². The van der Waals surface area contributed by atoms with Gasteiger partial charge in [-0.2, -0.15) is 0 Å². The van der Waals surface area contributed by atoms with Crippen LogP contribution in [0.15, 0.2) is 0 Å². The molecule has 0 radical (unpaired) electrons. The fraction of sp³-hybridized carbons (Fsp3) is 0.846. The largest absolute Gasteiger partial charge is 0.392 e. The Labute approximate surface area is 116 Å². The van der Waals surface area contributed by atoms with Gasteiger partial charge >= 0.3 is 0 Å². The molecule has 0 aliphatic heterocycles. The Hall–Kier alpha value is -0.680. The fourth-order valence-corrected chi connectivity index (χ4v) is 2.44. The molecule has 1 amide bonds. The highest BCUT2D eigenvalue weighted by Gasteiger charge is 2.41. The molecule has 0 atom stereocenters. The summed E-state index contributed by atoms with van der Waals surface area (Å²) in [5.74, 6) is 0.0204. The van der Waals surface area contributed by atoms with Crippen LogP contribution in [0.25, 0.3) is 0 Å². The molecule has 0 fully saturated rings. The van der Waals surface area contributed by atoms with Gasteiger partial charge in [-0.3, -0.25) is 4.79 Å². The Morgan fingerprint density at radius 1 is 1.39 bits per heavy atom. The van der Waals surface area contributed by atoms with Crippen molar-refractivity contribution in [2.24, 2.45) is 11.1 Å². The number of nitrogens with zero attached hydrogens (tertiary/aromatic N) is 1. The zero-order valence-electron chi connectivity index (χ0n) is 12.2. The van der Waals surface area contributed by atoms with E-state index in [1.54, 1.807) is 12.0 Å². The minimum absolute atomic E-state index is 0.0204. The summed E-state index contributed by atoms with van der Waals surface area (Å²) in [6.07, 6.45) is 1.27. The lowest BCUT2D eigenvalue weighted by atomic mass is 9.80. The summed E-state index contributed by atoms with van der Waals surface area (Å²) in [6.45, 7) is 8.97. The number of carbonyl (C=O) groups excluding carboxylic acids is 1. The van der Waals surface area contributed by atoms with Crippen LogP contribution >= 0.6 is 12.2 Å². The summed E-state index contributed by atoms with van der Waals surface area (Å²) < 4.78 is 5.06. The molecule has 0 unspecified atom stereocenters. The molecule has 106 valence electrons. The van der Waals surface area contributed by atoms with Gasteiger partial charge in [-0.15, -0.1) is 0 Å². The Balaban J connectivity index is 5.19. The van der Waals surface area contributed by atoms with Crippen molar-refractivity contribution in [3.05, 3.63) is 0 Å². The zero-order valence-corrected chi connectivity index (χ0v) is 13.0. The van der Waals surface area contributed by atoms with Crippen molar-refractivity contribution in [1.82, 2.24) is 4.90 Å². The monoisotopic (exact) mass is 274 g/mol. The average Bonchev–Trinajstić information content (AvgIpc) is 2.31. The summed E-state index contributed by atoms with van der Waals surface area (Å²) in [7, 11) is 1.63. The third kappa shape index (κ3) is 3.65. The smallest absolute Gasteiger partial charge is 0.235 e. The van der Waals surface area contributed by atoms with Crippen molar-refractivity contribution in [3.8, 4) is 0 Å². The van der Waals surface area contributed by atoms with E-state index in [-0.39, 0.29) is 11.9 Å². The van der Waals surface area contributed by atoms with E-state index in [1.807, 2.05) is 27.7 Å². The summed E-state index contributed by atoms with van der Waals surface area (Å²) >= 11 is 5.12. The lowest BCUT2D eigenvalue weighted by Gasteiger charge is -2.37. The lowest BCUT2D eigenvalue weighted by molar-refractivity contribution is -0.141. The molecule has 0 aromatic heterocycles. The maximum atomic E-state index is 12.7. The fourth-order valence-electron chi connectivity index (χ4n) is 2.07. The molecule has 18 heavy (non-hydrogen) atoms. The van der Waals surface area contributed by atoms with E-state index in [0.29, 0.717) is 31.0 Å². The van der Waals surface area contributed by atoms with E-state index in [1.165, 1.54) is 0 Å². The Morgan fingerprint density at radius 3 is 2.17 bits per heavy atom. The minimum Gasteiger partial charge on any atom is -0.392 e. The van der Waals surface area contributed by atoms with Crippen LogP contribution in [0.4, 0.5) is 0 Å². The number of nitrogens with two attached hydrogens (primary N) is 1. The molecule has 0 aliphatic carbocycles. The number of thiocarbonyl (C=S) groups is 1. The molecule has 0 aromatic rings. The molecular formula is C13H26N2O2S. The van der Waals surface area contributed by atoms with Gasteiger partial charge in [-0.05, 0) is 26.7 Å². The summed E-state index contributed by atoms with van der Waals surface area (Å²) in [6, 6.07) is 0.111. The van der Waals surface area contributed by atoms with E-state index in [9.17, 15) is 4.79 Å². The molecule has 5 heteroatoms. The van der Waals surface area contributed by atoms with Gasteiger partial charge in [0.15, 0.2) is 0 Å². The average molecular weight is 274 g/mol. The van der Waals surface area contributed by atoms with Crippen molar-refractivity contribution in [2.45, 2.75) is 46.6 Å². The maximum absolute atomic E-state index is 12.7. The predicted octanol–water partition coefficient (Wildman–Crippen LogP) is 1.96. The second-order valence-electron chi connectivity index (χ2n) is 4.74. The minimum atomic E-state index is -0.715. The highest BCUT2D eigenvalue weighted by Crippen LogP contribution is 2.30. The van der Waals surface area contributed by atoms with Gasteiger partial charge in [-0.25, -0.2) is 0 Å². The van der Waals surface area contributed by atoms with E-state index in [4.69, 9.17) is 22.7 Å². The second kappa shape index (κ2) is 7.69. The first-order valence-corrected chi connectivity index (χ1v) is 6.88. The Kier molecular flexibility index (Phi) is 7.40. The summed E-state index contributed by atoms with van der Waals surface area (Å²) in [5, 5.41) is 0. The van der Waals surface area contributed by atoms with Gasteiger partial charge in [0.05, 0.1) is 17.0 Å². The van der Waals surface area contributed by atoms with Crippen LogP contribution in [0.5, 0.6) is 0 Å². The Morgan fingerprint density at radius 2 is 1.89 bits per heavy atom. The number of amides is 1. The van der Waals surface area contributed by atoms with Crippen molar-refractivity contribution >= 4 is 23.1 Å². The van der Waals surface area contributed by atoms with Crippen LogP contribution in [0.3, 0.4) is 0 Å². The van der Waals surface area contributed by atoms with Gasteiger partial charge in [0.25, 0.3) is 0 Å². The number of methoxy groups -OCH3 is 1. The maximum Gasteiger partial charge on any atom is 0.235 e. The standard InChI is InChI=1S/C13H26N2O2S/c1-6-13(7-2,11(14)18)12(16)15(10(3)4)8-9-17-5/h10H,6-9H2,1-5H3,(H2,14,18). The van der Waals surface area contributed by atoms with Gasteiger partial charge in [-0.1, -0.05) is 26.1 Å². The molecule has 0 rings (SSSR count). The van der Waals surface area contributed by atoms with Crippen LogP contribution in [0.1, 0.15) is 40.5 Å². The number of ether oxygens (including phenoxy) is 1. The van der Waals surface area contributed by atoms with Gasteiger partial charge in [0, 0.05) is 19.7 Å². The van der Waals surface area contributed by atoms with Gasteiger partial charge < -0.3 is 15.4 Å². The first kappa shape index (κ1) is 17.3. The number of hydrogen-bond donors (Lipinski definition) is 1. The molecule has 0 aromatic carbocycles. The van der Waals surface area contributed by atoms with Crippen LogP contribution in [0, 0.1) is 5.41 Å². The topological polar surface area (TPSA) is 55.6 Å². The highest BCUT2D eigenvalue weighted by atomic mass is 32.1. The quantitative estimate of drug-likeness (QED) is 0.688. The van der Waals surface area contributed by atoms with Gasteiger partial charge in [0.2, 0.25) is 5.91 Å².